The number of piperidine rings is 1. The predicted molar refractivity (Wildman–Crippen MR) is 66.2 cm³/mol. The third kappa shape index (κ3) is 2.98. The Balaban J connectivity index is 1.95. The van der Waals surface area contributed by atoms with Crippen molar-refractivity contribution in [3.63, 3.8) is 0 Å². The molecule has 94 valence electrons. The van der Waals surface area contributed by atoms with Gasteiger partial charge in [-0.15, -0.1) is 0 Å². The molecule has 4 heteroatoms. The van der Waals surface area contributed by atoms with E-state index in [-0.39, 0.29) is 5.25 Å². The second-order valence-corrected chi connectivity index (χ2v) is 7.79. The van der Waals surface area contributed by atoms with Gasteiger partial charge in [-0.3, -0.25) is 0 Å². The molecule has 3 nitrogen and oxygen atoms in total. The molecule has 1 aliphatic heterocycles. The monoisotopic (exact) mass is 245 g/mol. The van der Waals surface area contributed by atoms with Crippen LogP contribution in [0.4, 0.5) is 0 Å². The van der Waals surface area contributed by atoms with E-state index < -0.39 is 9.84 Å². The summed E-state index contributed by atoms with van der Waals surface area (Å²) in [5.41, 5.74) is 0. The molecule has 1 aliphatic carbocycles. The Morgan fingerprint density at radius 3 is 2.31 bits per heavy atom. The lowest BCUT2D eigenvalue weighted by atomic mass is 9.76. The fourth-order valence-electron chi connectivity index (χ4n) is 3.31. The van der Waals surface area contributed by atoms with Gasteiger partial charge in [0.1, 0.15) is 9.84 Å². The normalized spacial score (nSPS) is 33.8. The molecule has 0 spiro atoms. The molecule has 2 unspecified atom stereocenters. The number of nitrogens with one attached hydrogen (secondary N) is 1. The van der Waals surface area contributed by atoms with Crippen molar-refractivity contribution >= 4 is 9.84 Å². The lowest BCUT2D eigenvalue weighted by Gasteiger charge is -2.36. The van der Waals surface area contributed by atoms with Gasteiger partial charge in [0.15, 0.2) is 0 Å². The average Bonchev–Trinajstić information content (AvgIpc) is 2.29. The minimum atomic E-state index is -2.81. The first-order chi connectivity index (χ1) is 7.57. The number of sulfone groups is 1. The first-order valence-corrected chi connectivity index (χ1v) is 8.42. The maximum atomic E-state index is 11.6. The smallest absolute Gasteiger partial charge is 0.150 e. The third-order valence-electron chi connectivity index (χ3n) is 4.32. The van der Waals surface area contributed by atoms with E-state index in [0.717, 1.165) is 38.3 Å². The van der Waals surface area contributed by atoms with E-state index in [2.05, 4.69) is 5.32 Å². The first-order valence-electron chi connectivity index (χ1n) is 6.47. The maximum Gasteiger partial charge on any atom is 0.150 e. The van der Waals surface area contributed by atoms with E-state index in [4.69, 9.17) is 0 Å². The van der Waals surface area contributed by atoms with Gasteiger partial charge in [-0.1, -0.05) is 12.8 Å². The van der Waals surface area contributed by atoms with Gasteiger partial charge in [-0.25, -0.2) is 8.42 Å². The van der Waals surface area contributed by atoms with Crippen LogP contribution >= 0.6 is 0 Å². The molecule has 2 atom stereocenters. The van der Waals surface area contributed by atoms with Crippen molar-refractivity contribution in [2.24, 2.45) is 11.8 Å². The van der Waals surface area contributed by atoms with Gasteiger partial charge < -0.3 is 5.32 Å². The average molecular weight is 245 g/mol. The number of hydrogen-bond donors (Lipinski definition) is 1. The summed E-state index contributed by atoms with van der Waals surface area (Å²) in [5, 5.41) is 3.32. The van der Waals surface area contributed by atoms with Crippen LogP contribution in [0.15, 0.2) is 0 Å². The Kier molecular flexibility index (Phi) is 3.90. The lowest BCUT2D eigenvalue weighted by molar-refractivity contribution is 0.205. The second kappa shape index (κ2) is 5.05. The van der Waals surface area contributed by atoms with E-state index >= 15 is 0 Å². The van der Waals surface area contributed by atoms with Crippen LogP contribution < -0.4 is 5.32 Å². The van der Waals surface area contributed by atoms with Gasteiger partial charge in [0.2, 0.25) is 0 Å². The van der Waals surface area contributed by atoms with Crippen molar-refractivity contribution in [3.05, 3.63) is 0 Å². The molecule has 1 heterocycles. The summed E-state index contributed by atoms with van der Waals surface area (Å²) >= 11 is 0. The van der Waals surface area contributed by atoms with Crippen molar-refractivity contribution in [1.29, 1.82) is 0 Å². The zero-order valence-electron chi connectivity index (χ0n) is 10.1. The summed E-state index contributed by atoms with van der Waals surface area (Å²) in [4.78, 5) is 0. The highest BCUT2D eigenvalue weighted by Gasteiger charge is 2.33. The minimum Gasteiger partial charge on any atom is -0.317 e. The Labute approximate surface area is 98.9 Å². The molecular weight excluding hydrogens is 222 g/mol. The Hall–Kier alpha value is -0.0900. The number of hydrogen-bond acceptors (Lipinski definition) is 3. The van der Waals surface area contributed by atoms with E-state index in [1.54, 1.807) is 0 Å². The van der Waals surface area contributed by atoms with Crippen molar-refractivity contribution < 1.29 is 8.42 Å². The van der Waals surface area contributed by atoms with Gasteiger partial charge in [0.25, 0.3) is 0 Å². The highest BCUT2D eigenvalue weighted by atomic mass is 32.2. The van der Waals surface area contributed by atoms with E-state index in [0.29, 0.717) is 5.92 Å². The molecule has 1 saturated heterocycles. The molecule has 0 radical (unpaired) electrons. The molecule has 0 aromatic heterocycles. The van der Waals surface area contributed by atoms with E-state index in [1.807, 2.05) is 0 Å². The highest BCUT2D eigenvalue weighted by Crippen LogP contribution is 2.36. The molecule has 16 heavy (non-hydrogen) atoms. The Morgan fingerprint density at radius 1 is 1.00 bits per heavy atom. The second-order valence-electron chi connectivity index (χ2n) is 5.47. The predicted octanol–water partition coefficient (Wildman–Crippen LogP) is 1.59. The molecule has 1 N–H and O–H groups in total. The molecule has 2 aliphatic rings. The zero-order valence-corrected chi connectivity index (χ0v) is 10.9. The van der Waals surface area contributed by atoms with Crippen LogP contribution in [0.1, 0.15) is 38.5 Å². The summed E-state index contributed by atoms with van der Waals surface area (Å²) < 4.78 is 23.2. The third-order valence-corrected chi connectivity index (χ3v) is 5.96. The van der Waals surface area contributed by atoms with Gasteiger partial charge >= 0.3 is 0 Å². The van der Waals surface area contributed by atoms with Crippen molar-refractivity contribution in [2.75, 3.05) is 19.3 Å². The quantitative estimate of drug-likeness (QED) is 0.803. The topological polar surface area (TPSA) is 46.2 Å². The molecule has 2 rings (SSSR count). The summed E-state index contributed by atoms with van der Waals surface area (Å²) in [5.74, 6) is 1.43. The molecular formula is C12H23NO2S. The van der Waals surface area contributed by atoms with Gasteiger partial charge in [0.05, 0.1) is 5.25 Å². The molecule has 0 aromatic carbocycles. The molecule has 1 saturated carbocycles. The Bertz CT molecular complexity index is 320. The summed E-state index contributed by atoms with van der Waals surface area (Å²) in [6.07, 6.45) is 8.04. The SMILES string of the molecule is CS(=O)(=O)C1CCCC(C2CCNCC2)C1. The van der Waals surface area contributed by atoms with Crippen LogP contribution in [-0.4, -0.2) is 33.0 Å². The van der Waals surface area contributed by atoms with Crippen LogP contribution in [0.2, 0.25) is 0 Å². The summed E-state index contributed by atoms with van der Waals surface area (Å²) in [7, 11) is -2.81. The molecule has 2 fully saturated rings. The van der Waals surface area contributed by atoms with E-state index in [9.17, 15) is 8.42 Å². The van der Waals surface area contributed by atoms with Crippen LogP contribution in [0.25, 0.3) is 0 Å². The molecule has 0 amide bonds. The summed E-state index contributed by atoms with van der Waals surface area (Å²) in [6.45, 7) is 2.23. The highest BCUT2D eigenvalue weighted by molar-refractivity contribution is 7.91. The Morgan fingerprint density at radius 2 is 1.69 bits per heavy atom. The van der Waals surface area contributed by atoms with Crippen molar-refractivity contribution in [3.8, 4) is 0 Å². The van der Waals surface area contributed by atoms with Gasteiger partial charge in [0, 0.05) is 6.26 Å². The fourth-order valence-corrected chi connectivity index (χ4v) is 4.51. The van der Waals surface area contributed by atoms with Gasteiger partial charge in [-0.2, -0.15) is 0 Å². The maximum absolute atomic E-state index is 11.6. The van der Waals surface area contributed by atoms with Crippen molar-refractivity contribution in [1.82, 2.24) is 5.32 Å². The van der Waals surface area contributed by atoms with E-state index in [1.165, 1.54) is 25.5 Å². The first kappa shape index (κ1) is 12.4. The molecule has 0 bridgehead atoms. The van der Waals surface area contributed by atoms with Crippen LogP contribution in [0.5, 0.6) is 0 Å². The zero-order chi connectivity index (χ0) is 11.6. The summed E-state index contributed by atoms with van der Waals surface area (Å²) in [6, 6.07) is 0. The van der Waals surface area contributed by atoms with Crippen LogP contribution in [0, 0.1) is 11.8 Å². The van der Waals surface area contributed by atoms with Crippen molar-refractivity contribution in [2.45, 2.75) is 43.8 Å². The van der Waals surface area contributed by atoms with Crippen LogP contribution in [0.3, 0.4) is 0 Å². The largest absolute Gasteiger partial charge is 0.317 e. The standard InChI is InChI=1S/C12H23NO2S/c1-16(14,15)12-4-2-3-11(9-12)10-5-7-13-8-6-10/h10-13H,2-9H2,1H3. The number of rotatable bonds is 2. The lowest BCUT2D eigenvalue weighted by Crippen LogP contribution is -2.36. The fraction of sp³-hybridized carbons (Fsp3) is 1.00. The molecule has 0 aromatic rings. The van der Waals surface area contributed by atoms with Crippen LogP contribution in [-0.2, 0) is 9.84 Å². The minimum absolute atomic E-state index is 0.0545. The van der Waals surface area contributed by atoms with Gasteiger partial charge in [-0.05, 0) is 50.6 Å².